The molecule has 0 fully saturated rings. The van der Waals surface area contributed by atoms with Crippen LogP contribution in [0.15, 0.2) is 40.1 Å². The molecule has 3 rings (SSSR count). The fraction of sp³-hybridized carbons (Fsp3) is 0.353. The van der Waals surface area contributed by atoms with Gasteiger partial charge in [0.25, 0.3) is 11.1 Å². The van der Waals surface area contributed by atoms with Crippen molar-refractivity contribution in [3.63, 3.8) is 0 Å². The van der Waals surface area contributed by atoms with Crippen LogP contribution in [-0.4, -0.2) is 25.7 Å². The van der Waals surface area contributed by atoms with Gasteiger partial charge in [0.15, 0.2) is 6.61 Å². The molecule has 0 aliphatic heterocycles. The molecule has 0 amide bonds. The molecule has 1 aromatic carbocycles. The summed E-state index contributed by atoms with van der Waals surface area (Å²) in [5, 5.41) is 12.8. The van der Waals surface area contributed by atoms with Crippen LogP contribution in [0.25, 0.3) is 0 Å². The standard InChI is InChI=1S/C17H20N4O2S/c1-12-4-5-13(2)15(10-12)22-11-16-19-20-17(23-16)24-9-7-14-6-8-18-21(14)3/h4-6,8,10H,7,9,11H2,1-3H3. The first-order valence-corrected chi connectivity index (χ1v) is 8.72. The summed E-state index contributed by atoms with van der Waals surface area (Å²) in [6, 6.07) is 8.12. The van der Waals surface area contributed by atoms with Crippen LogP contribution >= 0.6 is 11.8 Å². The molecule has 2 heterocycles. The van der Waals surface area contributed by atoms with Crippen molar-refractivity contribution >= 4 is 11.8 Å². The van der Waals surface area contributed by atoms with Gasteiger partial charge in [-0.05, 0) is 43.5 Å². The zero-order valence-corrected chi connectivity index (χ0v) is 14.8. The van der Waals surface area contributed by atoms with E-state index in [0.29, 0.717) is 11.1 Å². The summed E-state index contributed by atoms with van der Waals surface area (Å²) in [7, 11) is 1.94. The quantitative estimate of drug-likeness (QED) is 0.613. The molecule has 6 nitrogen and oxygen atoms in total. The van der Waals surface area contributed by atoms with Gasteiger partial charge in [0.1, 0.15) is 5.75 Å². The third-order valence-electron chi connectivity index (χ3n) is 3.65. The lowest BCUT2D eigenvalue weighted by Crippen LogP contribution is -1.99. The number of hydrogen-bond donors (Lipinski definition) is 0. The number of rotatable bonds is 7. The molecule has 0 saturated heterocycles. The van der Waals surface area contributed by atoms with Gasteiger partial charge in [0.2, 0.25) is 0 Å². The largest absolute Gasteiger partial charge is 0.484 e. The Morgan fingerprint density at radius 3 is 2.88 bits per heavy atom. The molecule has 2 aromatic heterocycles. The van der Waals surface area contributed by atoms with E-state index in [9.17, 15) is 0 Å². The van der Waals surface area contributed by atoms with Crippen molar-refractivity contribution < 1.29 is 9.15 Å². The molecule has 0 unspecified atom stereocenters. The lowest BCUT2D eigenvalue weighted by Gasteiger charge is -2.07. The first-order chi connectivity index (χ1) is 11.6. The summed E-state index contributed by atoms with van der Waals surface area (Å²) in [5.74, 6) is 2.19. The first-order valence-electron chi connectivity index (χ1n) is 7.74. The lowest BCUT2D eigenvalue weighted by molar-refractivity contribution is 0.250. The molecular weight excluding hydrogens is 324 g/mol. The maximum Gasteiger partial charge on any atom is 0.276 e. The molecule has 0 aliphatic carbocycles. The van der Waals surface area contributed by atoms with Crippen molar-refractivity contribution in [2.24, 2.45) is 7.05 Å². The number of aryl methyl sites for hydroxylation is 4. The van der Waals surface area contributed by atoms with Crippen molar-refractivity contribution in [2.45, 2.75) is 32.1 Å². The minimum Gasteiger partial charge on any atom is -0.484 e. The highest BCUT2D eigenvalue weighted by Gasteiger charge is 2.09. The highest BCUT2D eigenvalue weighted by atomic mass is 32.2. The number of benzene rings is 1. The van der Waals surface area contributed by atoms with E-state index in [1.54, 1.807) is 6.20 Å². The Labute approximate surface area is 145 Å². The van der Waals surface area contributed by atoms with Crippen molar-refractivity contribution in [2.75, 3.05) is 5.75 Å². The fourth-order valence-electron chi connectivity index (χ4n) is 2.25. The minimum atomic E-state index is 0.277. The Hall–Kier alpha value is -2.28. The smallest absolute Gasteiger partial charge is 0.276 e. The summed E-state index contributed by atoms with van der Waals surface area (Å²) in [5.41, 5.74) is 3.43. The van der Waals surface area contributed by atoms with Gasteiger partial charge in [-0.2, -0.15) is 5.10 Å². The Kier molecular flexibility index (Phi) is 5.20. The zero-order chi connectivity index (χ0) is 16.9. The summed E-state index contributed by atoms with van der Waals surface area (Å²) in [6.07, 6.45) is 2.70. The average molecular weight is 344 g/mol. The predicted octanol–water partition coefficient (Wildman–Crippen LogP) is 3.33. The second-order valence-electron chi connectivity index (χ2n) is 5.56. The SMILES string of the molecule is Cc1ccc(C)c(OCc2nnc(SCCc3ccnn3C)o2)c1. The van der Waals surface area contributed by atoms with Gasteiger partial charge < -0.3 is 9.15 Å². The van der Waals surface area contributed by atoms with Crippen LogP contribution in [0, 0.1) is 13.8 Å². The molecule has 0 atom stereocenters. The van der Waals surface area contributed by atoms with Crippen LogP contribution in [0.3, 0.4) is 0 Å². The average Bonchev–Trinajstić information content (AvgIpc) is 3.18. The lowest BCUT2D eigenvalue weighted by atomic mass is 10.1. The molecule has 0 aliphatic rings. The van der Waals surface area contributed by atoms with Crippen LogP contribution in [0.2, 0.25) is 0 Å². The molecule has 0 spiro atoms. The van der Waals surface area contributed by atoms with Crippen LogP contribution in [0.1, 0.15) is 22.7 Å². The predicted molar refractivity (Wildman–Crippen MR) is 92.2 cm³/mol. The number of hydrogen-bond acceptors (Lipinski definition) is 6. The summed E-state index contributed by atoms with van der Waals surface area (Å²) in [4.78, 5) is 0. The van der Waals surface area contributed by atoms with Gasteiger partial charge in [-0.1, -0.05) is 23.9 Å². The van der Waals surface area contributed by atoms with Crippen LogP contribution in [-0.2, 0) is 20.1 Å². The second-order valence-corrected chi connectivity index (χ2v) is 6.61. The van der Waals surface area contributed by atoms with Gasteiger partial charge in [-0.15, -0.1) is 10.2 Å². The van der Waals surface area contributed by atoms with Gasteiger partial charge >= 0.3 is 0 Å². The molecule has 126 valence electrons. The molecule has 3 aromatic rings. The van der Waals surface area contributed by atoms with Crippen LogP contribution < -0.4 is 4.74 Å². The van der Waals surface area contributed by atoms with E-state index in [4.69, 9.17) is 9.15 Å². The third-order valence-corrected chi connectivity index (χ3v) is 4.47. The summed E-state index contributed by atoms with van der Waals surface area (Å²) >= 11 is 1.54. The van der Waals surface area contributed by atoms with E-state index >= 15 is 0 Å². The third kappa shape index (κ3) is 4.17. The van der Waals surface area contributed by atoms with Crippen molar-refractivity contribution in [3.05, 3.63) is 53.2 Å². The first kappa shape index (κ1) is 16.6. The highest BCUT2D eigenvalue weighted by molar-refractivity contribution is 7.99. The topological polar surface area (TPSA) is 66.0 Å². The Balaban J connectivity index is 1.50. The normalized spacial score (nSPS) is 11.0. The fourth-order valence-corrected chi connectivity index (χ4v) is 2.99. The van der Waals surface area contributed by atoms with Gasteiger partial charge in [0, 0.05) is 24.7 Å². The minimum absolute atomic E-state index is 0.277. The number of aromatic nitrogens is 4. The van der Waals surface area contributed by atoms with E-state index in [0.717, 1.165) is 29.1 Å². The Morgan fingerprint density at radius 1 is 1.21 bits per heavy atom. The van der Waals surface area contributed by atoms with E-state index in [1.165, 1.54) is 17.5 Å². The molecular formula is C17H20N4O2S. The van der Waals surface area contributed by atoms with Crippen LogP contribution in [0.5, 0.6) is 5.75 Å². The maximum atomic E-state index is 5.78. The second kappa shape index (κ2) is 7.53. The molecule has 0 saturated carbocycles. The molecule has 24 heavy (non-hydrogen) atoms. The molecule has 0 radical (unpaired) electrons. The Morgan fingerprint density at radius 2 is 2.08 bits per heavy atom. The summed E-state index contributed by atoms with van der Waals surface area (Å²) in [6.45, 7) is 4.33. The van der Waals surface area contributed by atoms with Crippen molar-refractivity contribution in [1.82, 2.24) is 20.0 Å². The number of thioether (sulfide) groups is 1. The van der Waals surface area contributed by atoms with E-state index in [-0.39, 0.29) is 6.61 Å². The van der Waals surface area contributed by atoms with Crippen molar-refractivity contribution in [3.8, 4) is 5.75 Å². The summed E-state index contributed by atoms with van der Waals surface area (Å²) < 4.78 is 13.3. The number of ether oxygens (including phenoxy) is 1. The number of nitrogens with zero attached hydrogens (tertiary/aromatic N) is 4. The molecule has 0 N–H and O–H groups in total. The van der Waals surface area contributed by atoms with Gasteiger partial charge in [-0.3, -0.25) is 4.68 Å². The molecule has 7 heteroatoms. The monoisotopic (exact) mass is 344 g/mol. The van der Waals surface area contributed by atoms with Gasteiger partial charge in [0.05, 0.1) is 0 Å². The van der Waals surface area contributed by atoms with Crippen molar-refractivity contribution in [1.29, 1.82) is 0 Å². The van der Waals surface area contributed by atoms with E-state index in [2.05, 4.69) is 21.4 Å². The highest BCUT2D eigenvalue weighted by Crippen LogP contribution is 2.22. The van der Waals surface area contributed by atoms with Crippen LogP contribution in [0.4, 0.5) is 0 Å². The molecule has 0 bridgehead atoms. The van der Waals surface area contributed by atoms with E-state index in [1.807, 2.05) is 43.8 Å². The van der Waals surface area contributed by atoms with E-state index < -0.39 is 0 Å². The Bertz CT molecular complexity index is 813. The zero-order valence-electron chi connectivity index (χ0n) is 14.0. The van der Waals surface area contributed by atoms with Gasteiger partial charge in [-0.25, -0.2) is 0 Å². The maximum absolute atomic E-state index is 5.78.